The van der Waals surface area contributed by atoms with Crippen LogP contribution in [0, 0.1) is 0 Å². The van der Waals surface area contributed by atoms with Gasteiger partial charge in [-0.05, 0) is 12.0 Å². The molecule has 6 heteroatoms. The first-order chi connectivity index (χ1) is 11.8. The smallest absolute Gasteiger partial charge is 0.226 e. The second-order valence-corrected chi connectivity index (χ2v) is 5.75. The van der Waals surface area contributed by atoms with E-state index in [1.807, 2.05) is 30.3 Å². The second-order valence-electron chi connectivity index (χ2n) is 5.75. The van der Waals surface area contributed by atoms with Crippen molar-refractivity contribution in [3.05, 3.63) is 60.2 Å². The molecule has 1 saturated heterocycles. The van der Waals surface area contributed by atoms with Crippen molar-refractivity contribution in [3.63, 3.8) is 0 Å². The summed E-state index contributed by atoms with van der Waals surface area (Å²) in [5.41, 5.74) is 1.76. The Labute approximate surface area is 141 Å². The third-order valence-corrected chi connectivity index (χ3v) is 3.92. The van der Waals surface area contributed by atoms with Gasteiger partial charge in [0.1, 0.15) is 6.10 Å². The summed E-state index contributed by atoms with van der Waals surface area (Å²) in [6.45, 7) is 1.62. The molecule has 0 spiro atoms. The second kappa shape index (κ2) is 8.52. The number of rotatable bonds is 6. The molecule has 0 saturated carbocycles. The maximum absolute atomic E-state index is 12.2. The number of hydrogen-bond donors (Lipinski definition) is 1. The molecular formula is C18H21N3O3. The number of ether oxygens (including phenoxy) is 2. The molecule has 0 bridgehead atoms. The molecule has 6 nitrogen and oxygen atoms in total. The molecule has 2 heterocycles. The molecule has 1 aromatic heterocycles. The van der Waals surface area contributed by atoms with Crippen LogP contribution < -0.4 is 5.32 Å². The van der Waals surface area contributed by atoms with Crippen LogP contribution in [0.15, 0.2) is 48.9 Å². The van der Waals surface area contributed by atoms with Gasteiger partial charge in [-0.2, -0.15) is 0 Å². The van der Waals surface area contributed by atoms with E-state index in [0.717, 1.165) is 12.0 Å². The van der Waals surface area contributed by atoms with E-state index in [9.17, 15) is 4.79 Å². The summed E-state index contributed by atoms with van der Waals surface area (Å²) in [5.74, 6) is -0.0734. The highest BCUT2D eigenvalue weighted by Crippen LogP contribution is 2.14. The Bertz CT molecular complexity index is 636. The first-order valence-electron chi connectivity index (χ1n) is 8.09. The topological polar surface area (TPSA) is 73.3 Å². The predicted molar refractivity (Wildman–Crippen MR) is 88.1 cm³/mol. The lowest BCUT2D eigenvalue weighted by Crippen LogP contribution is -2.50. The molecule has 1 aromatic carbocycles. The lowest BCUT2D eigenvalue weighted by atomic mass is 10.1. The average molecular weight is 327 g/mol. The molecule has 1 fully saturated rings. The molecule has 24 heavy (non-hydrogen) atoms. The molecule has 0 unspecified atom stereocenters. The number of carbonyl (C=O) groups excluding carboxylic acids is 1. The minimum absolute atomic E-state index is 0.0494. The van der Waals surface area contributed by atoms with Gasteiger partial charge in [0.15, 0.2) is 0 Å². The first-order valence-corrected chi connectivity index (χ1v) is 8.09. The summed E-state index contributed by atoms with van der Waals surface area (Å²) < 4.78 is 11.5. The number of hydrogen-bond acceptors (Lipinski definition) is 5. The molecule has 1 aliphatic rings. The van der Waals surface area contributed by atoms with Crippen LogP contribution in [0.1, 0.15) is 17.7 Å². The van der Waals surface area contributed by atoms with E-state index in [-0.39, 0.29) is 24.5 Å². The molecule has 126 valence electrons. The van der Waals surface area contributed by atoms with Crippen LogP contribution in [-0.2, 0) is 27.3 Å². The monoisotopic (exact) mass is 327 g/mol. The van der Waals surface area contributed by atoms with E-state index in [0.29, 0.717) is 25.5 Å². The van der Waals surface area contributed by atoms with E-state index in [1.54, 1.807) is 18.6 Å². The van der Waals surface area contributed by atoms with Crippen LogP contribution in [0.3, 0.4) is 0 Å². The molecule has 2 aromatic rings. The van der Waals surface area contributed by atoms with Crippen molar-refractivity contribution in [1.29, 1.82) is 0 Å². The number of benzene rings is 1. The van der Waals surface area contributed by atoms with E-state index in [4.69, 9.17) is 9.47 Å². The van der Waals surface area contributed by atoms with Gasteiger partial charge >= 0.3 is 0 Å². The fourth-order valence-corrected chi connectivity index (χ4v) is 2.66. The molecular weight excluding hydrogens is 306 g/mol. The van der Waals surface area contributed by atoms with Crippen LogP contribution in [0.4, 0.5) is 0 Å². The average Bonchev–Trinajstić information content (AvgIpc) is 2.63. The van der Waals surface area contributed by atoms with Crippen LogP contribution >= 0.6 is 0 Å². The van der Waals surface area contributed by atoms with Crippen molar-refractivity contribution in [1.82, 2.24) is 15.3 Å². The molecule has 0 aliphatic carbocycles. The van der Waals surface area contributed by atoms with Gasteiger partial charge in [0, 0.05) is 25.2 Å². The summed E-state index contributed by atoms with van der Waals surface area (Å²) in [6, 6.07) is 9.93. The van der Waals surface area contributed by atoms with E-state index >= 15 is 0 Å². The largest absolute Gasteiger partial charge is 0.379 e. The zero-order valence-electron chi connectivity index (χ0n) is 13.4. The summed E-state index contributed by atoms with van der Waals surface area (Å²) in [4.78, 5) is 20.3. The van der Waals surface area contributed by atoms with Gasteiger partial charge in [-0.1, -0.05) is 30.3 Å². The normalized spacial score (nSPS) is 20.5. The molecule has 3 rings (SSSR count). The third-order valence-electron chi connectivity index (χ3n) is 3.92. The first kappa shape index (κ1) is 16.5. The van der Waals surface area contributed by atoms with Crippen molar-refractivity contribution in [2.45, 2.75) is 31.6 Å². The lowest BCUT2D eigenvalue weighted by molar-refractivity contribution is -0.126. The van der Waals surface area contributed by atoms with Gasteiger partial charge in [0.25, 0.3) is 0 Å². The Morgan fingerprint density at radius 1 is 1.29 bits per heavy atom. The van der Waals surface area contributed by atoms with Crippen molar-refractivity contribution < 1.29 is 14.3 Å². The summed E-state index contributed by atoms with van der Waals surface area (Å²) in [5, 5.41) is 3.04. The lowest BCUT2D eigenvalue weighted by Gasteiger charge is -2.32. The fraction of sp³-hybridized carbons (Fsp3) is 0.389. The molecule has 1 aliphatic heterocycles. The van der Waals surface area contributed by atoms with Gasteiger partial charge in [-0.25, -0.2) is 0 Å². The van der Waals surface area contributed by atoms with Crippen LogP contribution in [-0.4, -0.2) is 41.2 Å². The molecule has 2 atom stereocenters. The van der Waals surface area contributed by atoms with Gasteiger partial charge in [0.05, 0.1) is 31.4 Å². The molecule has 1 N–H and O–H groups in total. The van der Waals surface area contributed by atoms with Crippen LogP contribution in [0.2, 0.25) is 0 Å². The van der Waals surface area contributed by atoms with Gasteiger partial charge in [0.2, 0.25) is 5.91 Å². The van der Waals surface area contributed by atoms with Crippen LogP contribution in [0.25, 0.3) is 0 Å². The Morgan fingerprint density at radius 2 is 2.17 bits per heavy atom. The Morgan fingerprint density at radius 3 is 2.96 bits per heavy atom. The molecule has 0 radical (unpaired) electrons. The van der Waals surface area contributed by atoms with Crippen molar-refractivity contribution in [2.24, 2.45) is 0 Å². The SMILES string of the molecule is O=C(Cc1cnccn1)N[C@@H]1CCOC[C@H]1OCc1ccccc1. The summed E-state index contributed by atoms with van der Waals surface area (Å²) in [6.07, 6.45) is 5.59. The Kier molecular flexibility index (Phi) is 5.87. The van der Waals surface area contributed by atoms with Crippen LogP contribution in [0.5, 0.6) is 0 Å². The minimum atomic E-state index is -0.148. The van der Waals surface area contributed by atoms with Crippen molar-refractivity contribution in [2.75, 3.05) is 13.2 Å². The van der Waals surface area contributed by atoms with Crippen molar-refractivity contribution in [3.8, 4) is 0 Å². The van der Waals surface area contributed by atoms with Crippen molar-refractivity contribution >= 4 is 5.91 Å². The van der Waals surface area contributed by atoms with E-state index in [1.165, 1.54) is 0 Å². The molecule has 1 amide bonds. The zero-order valence-corrected chi connectivity index (χ0v) is 13.4. The summed E-state index contributed by atoms with van der Waals surface area (Å²) >= 11 is 0. The summed E-state index contributed by atoms with van der Waals surface area (Å²) in [7, 11) is 0. The highest BCUT2D eigenvalue weighted by Gasteiger charge is 2.28. The maximum atomic E-state index is 12.2. The number of carbonyl (C=O) groups is 1. The number of nitrogens with zero attached hydrogens (tertiary/aromatic N) is 2. The highest BCUT2D eigenvalue weighted by atomic mass is 16.5. The third kappa shape index (κ3) is 4.84. The number of aromatic nitrogens is 2. The standard InChI is InChI=1S/C18H21N3O3/c22-18(10-15-11-19-7-8-20-15)21-16-6-9-23-13-17(16)24-12-14-4-2-1-3-5-14/h1-5,7-8,11,16-17H,6,9-10,12-13H2,(H,21,22)/t16-,17-/m1/s1. The Hall–Kier alpha value is -2.31. The van der Waals surface area contributed by atoms with Gasteiger partial charge < -0.3 is 14.8 Å². The fourth-order valence-electron chi connectivity index (χ4n) is 2.66. The van der Waals surface area contributed by atoms with E-state index < -0.39 is 0 Å². The zero-order chi connectivity index (χ0) is 16.6. The quantitative estimate of drug-likeness (QED) is 0.870. The number of amides is 1. The minimum Gasteiger partial charge on any atom is -0.379 e. The maximum Gasteiger partial charge on any atom is 0.226 e. The Balaban J connectivity index is 1.53. The van der Waals surface area contributed by atoms with Gasteiger partial charge in [-0.3, -0.25) is 14.8 Å². The van der Waals surface area contributed by atoms with E-state index in [2.05, 4.69) is 15.3 Å². The highest BCUT2D eigenvalue weighted by molar-refractivity contribution is 5.78. The number of nitrogens with one attached hydrogen (secondary N) is 1. The van der Waals surface area contributed by atoms with Gasteiger partial charge in [-0.15, -0.1) is 0 Å². The predicted octanol–water partition coefficient (Wildman–Crippen LogP) is 1.51.